The Bertz CT molecular complexity index is 458. The highest BCUT2D eigenvalue weighted by molar-refractivity contribution is 5.60. The van der Waals surface area contributed by atoms with E-state index in [0.29, 0.717) is 11.6 Å². The fourth-order valence-corrected chi connectivity index (χ4v) is 2.74. The maximum Gasteiger partial charge on any atom is 0.311 e. The third-order valence-corrected chi connectivity index (χ3v) is 3.90. The summed E-state index contributed by atoms with van der Waals surface area (Å²) in [5.74, 6) is 1.75. The first kappa shape index (κ1) is 14.6. The molecule has 0 aliphatic heterocycles. The summed E-state index contributed by atoms with van der Waals surface area (Å²) >= 11 is 0. The Morgan fingerprint density at radius 2 is 2.10 bits per heavy atom. The van der Waals surface area contributed by atoms with Gasteiger partial charge in [-0.2, -0.15) is 0 Å². The third-order valence-electron chi connectivity index (χ3n) is 3.90. The van der Waals surface area contributed by atoms with E-state index in [1.807, 2.05) is 0 Å². The van der Waals surface area contributed by atoms with Crippen LogP contribution in [0.4, 0.5) is 17.3 Å². The van der Waals surface area contributed by atoms with Gasteiger partial charge >= 0.3 is 5.69 Å². The van der Waals surface area contributed by atoms with Crippen molar-refractivity contribution in [2.24, 2.45) is 5.92 Å². The van der Waals surface area contributed by atoms with Gasteiger partial charge in [0.05, 0.1) is 4.92 Å². The number of rotatable bonds is 6. The molecule has 1 fully saturated rings. The maximum atomic E-state index is 11.0. The topological polar surface area (TPSA) is 80.1 Å². The van der Waals surface area contributed by atoms with Crippen LogP contribution in [0, 0.1) is 16.0 Å². The molecule has 0 amide bonds. The minimum atomic E-state index is -0.393. The number of nitrogens with one attached hydrogen (secondary N) is 2. The molecule has 6 nitrogen and oxygen atoms in total. The van der Waals surface area contributed by atoms with Crippen LogP contribution in [0.5, 0.6) is 0 Å². The summed E-state index contributed by atoms with van der Waals surface area (Å²) in [6, 6.07) is 3.10. The Labute approximate surface area is 119 Å². The Morgan fingerprint density at radius 1 is 1.35 bits per heavy atom. The highest BCUT2D eigenvalue weighted by atomic mass is 16.6. The SMILES string of the molecule is CNc1ccc([N+](=O)[O-])c(NCCC2CCCCC2)n1. The molecule has 0 atom stereocenters. The molecule has 0 unspecified atom stereocenters. The Balaban J connectivity index is 1.94. The van der Waals surface area contributed by atoms with Crippen LogP contribution in [0.1, 0.15) is 38.5 Å². The molecule has 1 aliphatic carbocycles. The predicted octanol–water partition coefficient (Wildman–Crippen LogP) is 3.41. The molecular formula is C14H22N4O2. The van der Waals surface area contributed by atoms with Gasteiger partial charge in [-0.3, -0.25) is 10.1 Å². The van der Waals surface area contributed by atoms with E-state index >= 15 is 0 Å². The third kappa shape index (κ3) is 3.82. The molecule has 6 heteroatoms. The normalized spacial score (nSPS) is 15.8. The van der Waals surface area contributed by atoms with E-state index in [0.717, 1.165) is 18.9 Å². The summed E-state index contributed by atoms with van der Waals surface area (Å²) in [4.78, 5) is 14.8. The van der Waals surface area contributed by atoms with Crippen molar-refractivity contribution in [2.45, 2.75) is 38.5 Å². The molecule has 1 aromatic heterocycles. The average Bonchev–Trinajstić information content (AvgIpc) is 2.48. The minimum absolute atomic E-state index is 0.0349. The van der Waals surface area contributed by atoms with E-state index in [1.54, 1.807) is 13.1 Å². The number of anilines is 2. The van der Waals surface area contributed by atoms with Crippen LogP contribution in [0.2, 0.25) is 0 Å². The predicted molar refractivity (Wildman–Crippen MR) is 80.1 cm³/mol. The van der Waals surface area contributed by atoms with Crippen molar-refractivity contribution in [3.63, 3.8) is 0 Å². The summed E-state index contributed by atoms with van der Waals surface area (Å²) in [6.07, 6.45) is 7.61. The second-order valence-electron chi connectivity index (χ2n) is 5.29. The van der Waals surface area contributed by atoms with Crippen LogP contribution < -0.4 is 10.6 Å². The van der Waals surface area contributed by atoms with E-state index in [1.165, 1.54) is 38.2 Å². The standard InChI is InChI=1S/C14H22N4O2/c1-15-13-8-7-12(18(19)20)14(17-13)16-10-9-11-5-3-2-4-6-11/h7-8,11H,2-6,9-10H2,1H3,(H2,15,16,17). The van der Waals surface area contributed by atoms with Crippen LogP contribution in [0.25, 0.3) is 0 Å². The number of nitro groups is 1. The molecule has 1 aromatic rings. The highest BCUT2D eigenvalue weighted by Crippen LogP contribution is 2.27. The lowest BCUT2D eigenvalue weighted by molar-refractivity contribution is -0.384. The van der Waals surface area contributed by atoms with Gasteiger partial charge in [0.2, 0.25) is 5.82 Å². The monoisotopic (exact) mass is 278 g/mol. The minimum Gasteiger partial charge on any atom is -0.373 e. The highest BCUT2D eigenvalue weighted by Gasteiger charge is 2.17. The molecule has 1 saturated carbocycles. The summed E-state index contributed by atoms with van der Waals surface area (Å²) in [7, 11) is 1.75. The zero-order chi connectivity index (χ0) is 14.4. The van der Waals surface area contributed by atoms with E-state index in [4.69, 9.17) is 0 Å². The second-order valence-corrected chi connectivity index (χ2v) is 5.29. The van der Waals surface area contributed by atoms with Gasteiger partial charge in [-0.05, 0) is 18.4 Å². The number of hydrogen-bond acceptors (Lipinski definition) is 5. The summed E-state index contributed by atoms with van der Waals surface area (Å²) in [5, 5.41) is 17.0. The first-order valence-electron chi connectivity index (χ1n) is 7.27. The van der Waals surface area contributed by atoms with Crippen molar-refractivity contribution in [2.75, 3.05) is 24.2 Å². The molecule has 0 saturated heterocycles. The average molecular weight is 278 g/mol. The Hall–Kier alpha value is -1.85. The molecule has 1 aliphatic rings. The maximum absolute atomic E-state index is 11.0. The van der Waals surface area contributed by atoms with E-state index in [9.17, 15) is 10.1 Å². The lowest BCUT2D eigenvalue weighted by Gasteiger charge is -2.21. The number of aromatic nitrogens is 1. The van der Waals surface area contributed by atoms with Gasteiger partial charge in [-0.15, -0.1) is 0 Å². The van der Waals surface area contributed by atoms with Crippen molar-refractivity contribution in [3.8, 4) is 0 Å². The molecular weight excluding hydrogens is 256 g/mol. The van der Waals surface area contributed by atoms with E-state index in [2.05, 4.69) is 15.6 Å². The van der Waals surface area contributed by atoms with Crippen molar-refractivity contribution in [1.82, 2.24) is 4.98 Å². The van der Waals surface area contributed by atoms with Crippen molar-refractivity contribution >= 4 is 17.3 Å². The molecule has 0 spiro atoms. The fourth-order valence-electron chi connectivity index (χ4n) is 2.74. The van der Waals surface area contributed by atoms with Gasteiger partial charge in [0.1, 0.15) is 5.82 Å². The quantitative estimate of drug-likeness (QED) is 0.615. The van der Waals surface area contributed by atoms with Crippen LogP contribution in [-0.4, -0.2) is 23.5 Å². The van der Waals surface area contributed by atoms with E-state index in [-0.39, 0.29) is 5.69 Å². The lowest BCUT2D eigenvalue weighted by Crippen LogP contribution is -2.13. The number of hydrogen-bond donors (Lipinski definition) is 2. The second kappa shape index (κ2) is 7.07. The largest absolute Gasteiger partial charge is 0.373 e. The van der Waals surface area contributed by atoms with E-state index < -0.39 is 4.92 Å². The summed E-state index contributed by atoms with van der Waals surface area (Å²) in [6.45, 7) is 0.742. The zero-order valence-electron chi connectivity index (χ0n) is 11.9. The Morgan fingerprint density at radius 3 is 2.75 bits per heavy atom. The van der Waals surface area contributed by atoms with Gasteiger partial charge in [-0.1, -0.05) is 32.1 Å². The van der Waals surface area contributed by atoms with Crippen molar-refractivity contribution in [3.05, 3.63) is 22.2 Å². The zero-order valence-corrected chi connectivity index (χ0v) is 11.9. The molecule has 0 aromatic carbocycles. The van der Waals surface area contributed by atoms with Gasteiger partial charge in [0, 0.05) is 19.7 Å². The van der Waals surface area contributed by atoms with Crippen molar-refractivity contribution < 1.29 is 4.92 Å². The smallest absolute Gasteiger partial charge is 0.311 e. The summed E-state index contributed by atoms with van der Waals surface area (Å²) < 4.78 is 0. The molecule has 2 rings (SSSR count). The molecule has 1 heterocycles. The Kier molecular flexibility index (Phi) is 5.15. The van der Waals surface area contributed by atoms with Crippen LogP contribution in [0.15, 0.2) is 12.1 Å². The number of pyridine rings is 1. The van der Waals surface area contributed by atoms with Crippen molar-refractivity contribution in [1.29, 1.82) is 0 Å². The molecule has 0 bridgehead atoms. The molecule has 0 radical (unpaired) electrons. The number of nitrogens with zero attached hydrogens (tertiary/aromatic N) is 2. The van der Waals surface area contributed by atoms with Gasteiger partial charge in [-0.25, -0.2) is 4.98 Å². The van der Waals surface area contributed by atoms with Crippen LogP contribution in [0.3, 0.4) is 0 Å². The summed E-state index contributed by atoms with van der Waals surface area (Å²) in [5.41, 5.74) is 0.0349. The first-order chi connectivity index (χ1) is 9.70. The lowest BCUT2D eigenvalue weighted by atomic mass is 9.87. The van der Waals surface area contributed by atoms with Crippen LogP contribution in [-0.2, 0) is 0 Å². The molecule has 2 N–H and O–H groups in total. The van der Waals surface area contributed by atoms with Gasteiger partial charge < -0.3 is 10.6 Å². The molecule has 110 valence electrons. The van der Waals surface area contributed by atoms with Gasteiger partial charge in [0.25, 0.3) is 0 Å². The molecule has 20 heavy (non-hydrogen) atoms. The fraction of sp³-hybridized carbons (Fsp3) is 0.643. The van der Waals surface area contributed by atoms with Crippen LogP contribution >= 0.6 is 0 Å². The first-order valence-corrected chi connectivity index (χ1v) is 7.27. The van der Waals surface area contributed by atoms with Gasteiger partial charge in [0.15, 0.2) is 0 Å².